The van der Waals surface area contributed by atoms with Crippen molar-refractivity contribution in [3.05, 3.63) is 17.8 Å². The van der Waals surface area contributed by atoms with Gasteiger partial charge in [-0.1, -0.05) is 20.8 Å². The fraction of sp³-hybridized carbons (Fsp3) is 0.722. The normalized spacial score (nSPS) is 21.6. The lowest BCUT2D eigenvalue weighted by Crippen LogP contribution is -2.52. The van der Waals surface area contributed by atoms with E-state index in [4.69, 9.17) is 4.74 Å². The van der Waals surface area contributed by atoms with Crippen molar-refractivity contribution in [1.82, 2.24) is 15.5 Å². The Hall–Kier alpha value is -1.69. The predicted octanol–water partition coefficient (Wildman–Crippen LogP) is 1.90. The van der Waals surface area contributed by atoms with Crippen LogP contribution in [-0.4, -0.2) is 48.4 Å². The van der Waals surface area contributed by atoms with Crippen molar-refractivity contribution in [2.24, 2.45) is 5.92 Å². The average molecular weight is 332 g/mol. The number of carbonyl (C=O) groups is 1. The zero-order valence-corrected chi connectivity index (χ0v) is 14.9. The molecule has 2 saturated heterocycles. The van der Waals surface area contributed by atoms with E-state index in [9.17, 15) is 4.79 Å². The highest BCUT2D eigenvalue weighted by atomic mass is 16.5. The molecule has 2 aliphatic heterocycles. The molecule has 1 aromatic rings. The fourth-order valence-corrected chi connectivity index (χ4v) is 3.12. The summed E-state index contributed by atoms with van der Waals surface area (Å²) >= 11 is 0. The molecule has 0 spiro atoms. The molecule has 2 fully saturated rings. The first-order valence-corrected chi connectivity index (χ1v) is 8.89. The fourth-order valence-electron chi connectivity index (χ4n) is 3.12. The Morgan fingerprint density at radius 1 is 1.33 bits per heavy atom. The van der Waals surface area contributed by atoms with E-state index in [2.05, 4.69) is 47.3 Å². The van der Waals surface area contributed by atoms with Crippen molar-refractivity contribution in [3.63, 3.8) is 0 Å². The second-order valence-electron chi connectivity index (χ2n) is 7.94. The molecule has 1 unspecified atom stereocenters. The lowest BCUT2D eigenvalue weighted by Gasteiger charge is -2.40. The minimum Gasteiger partial charge on any atom is -0.378 e. The zero-order chi connectivity index (χ0) is 17.2. The zero-order valence-electron chi connectivity index (χ0n) is 14.9. The van der Waals surface area contributed by atoms with Gasteiger partial charge in [-0.3, -0.25) is 4.79 Å². The Labute approximate surface area is 144 Å². The lowest BCUT2D eigenvalue weighted by molar-refractivity contribution is -0.123. The monoisotopic (exact) mass is 332 g/mol. The molecule has 6 heteroatoms. The van der Waals surface area contributed by atoms with E-state index in [1.54, 1.807) is 0 Å². The molecule has 0 aromatic carbocycles. The Kier molecular flexibility index (Phi) is 5.04. The average Bonchev–Trinajstić information content (AvgIpc) is 2.98. The van der Waals surface area contributed by atoms with Gasteiger partial charge in [-0.2, -0.15) is 5.10 Å². The van der Waals surface area contributed by atoms with Crippen LogP contribution in [0.25, 0.3) is 0 Å². The van der Waals surface area contributed by atoms with Crippen LogP contribution in [0.2, 0.25) is 0 Å². The number of hydrogen-bond acceptors (Lipinski definition) is 5. The SMILES string of the molecule is CC(C)(C)c1ccc(N2CC(CNC(=O)CC3CCCO3)C2)nn1. The first-order valence-electron chi connectivity index (χ1n) is 8.89. The van der Waals surface area contributed by atoms with Gasteiger partial charge in [0.15, 0.2) is 5.82 Å². The Balaban J connectivity index is 1.38. The number of carbonyl (C=O) groups excluding carboxylic acids is 1. The molecule has 1 atom stereocenters. The standard InChI is InChI=1S/C18H28N4O2/c1-18(2,3)15-6-7-16(21-20-15)22-11-13(12-22)10-19-17(23)9-14-5-4-8-24-14/h6-7,13-14H,4-5,8-12H2,1-3H3,(H,19,23). The number of anilines is 1. The van der Waals surface area contributed by atoms with Crippen LogP contribution >= 0.6 is 0 Å². The number of aromatic nitrogens is 2. The number of hydrogen-bond donors (Lipinski definition) is 1. The maximum absolute atomic E-state index is 11.9. The molecule has 1 N–H and O–H groups in total. The molecule has 1 amide bonds. The van der Waals surface area contributed by atoms with Gasteiger partial charge in [0.2, 0.25) is 5.91 Å². The smallest absolute Gasteiger partial charge is 0.222 e. The maximum Gasteiger partial charge on any atom is 0.222 e. The molecule has 132 valence electrons. The van der Waals surface area contributed by atoms with E-state index in [0.717, 1.165) is 50.6 Å². The van der Waals surface area contributed by atoms with Crippen molar-refractivity contribution < 1.29 is 9.53 Å². The summed E-state index contributed by atoms with van der Waals surface area (Å²) in [4.78, 5) is 14.1. The summed E-state index contributed by atoms with van der Waals surface area (Å²) in [5, 5.41) is 11.7. The Bertz CT molecular complexity index is 555. The largest absolute Gasteiger partial charge is 0.378 e. The van der Waals surface area contributed by atoms with Crippen LogP contribution < -0.4 is 10.2 Å². The first kappa shape index (κ1) is 17.1. The summed E-state index contributed by atoms with van der Waals surface area (Å²) in [6.07, 6.45) is 2.70. The molecule has 0 radical (unpaired) electrons. The summed E-state index contributed by atoms with van der Waals surface area (Å²) < 4.78 is 5.49. The van der Waals surface area contributed by atoms with Gasteiger partial charge in [0.25, 0.3) is 0 Å². The van der Waals surface area contributed by atoms with Gasteiger partial charge in [0, 0.05) is 37.6 Å². The summed E-state index contributed by atoms with van der Waals surface area (Å²) in [5.41, 5.74) is 1.03. The van der Waals surface area contributed by atoms with E-state index in [1.165, 1.54) is 0 Å². The van der Waals surface area contributed by atoms with E-state index in [1.807, 2.05) is 6.07 Å². The highest BCUT2D eigenvalue weighted by Crippen LogP contribution is 2.24. The molecular formula is C18H28N4O2. The van der Waals surface area contributed by atoms with Gasteiger partial charge in [-0.05, 0) is 25.0 Å². The molecule has 3 rings (SSSR count). The highest BCUT2D eigenvalue weighted by Gasteiger charge is 2.29. The predicted molar refractivity (Wildman–Crippen MR) is 93.0 cm³/mol. The van der Waals surface area contributed by atoms with Crippen LogP contribution in [0.4, 0.5) is 5.82 Å². The van der Waals surface area contributed by atoms with Crippen molar-refractivity contribution in [2.75, 3.05) is 31.1 Å². The third-order valence-electron chi connectivity index (χ3n) is 4.73. The number of amides is 1. The van der Waals surface area contributed by atoms with Crippen LogP contribution in [0, 0.1) is 5.92 Å². The van der Waals surface area contributed by atoms with Gasteiger partial charge in [0.05, 0.1) is 18.2 Å². The van der Waals surface area contributed by atoms with E-state index in [-0.39, 0.29) is 17.4 Å². The molecule has 24 heavy (non-hydrogen) atoms. The van der Waals surface area contributed by atoms with Crippen LogP contribution in [0.3, 0.4) is 0 Å². The number of ether oxygens (including phenoxy) is 1. The second-order valence-corrected chi connectivity index (χ2v) is 7.94. The van der Waals surface area contributed by atoms with Crippen molar-refractivity contribution in [2.45, 2.75) is 51.6 Å². The minimum atomic E-state index is 0.0241. The van der Waals surface area contributed by atoms with Crippen molar-refractivity contribution >= 4 is 11.7 Å². The van der Waals surface area contributed by atoms with Gasteiger partial charge >= 0.3 is 0 Å². The molecular weight excluding hydrogens is 304 g/mol. The molecule has 3 heterocycles. The Morgan fingerprint density at radius 2 is 2.12 bits per heavy atom. The highest BCUT2D eigenvalue weighted by molar-refractivity contribution is 5.76. The topological polar surface area (TPSA) is 67.4 Å². The summed E-state index contributed by atoms with van der Waals surface area (Å²) in [6, 6.07) is 4.10. The number of nitrogens with one attached hydrogen (secondary N) is 1. The summed E-state index contributed by atoms with van der Waals surface area (Å²) in [7, 11) is 0. The van der Waals surface area contributed by atoms with Crippen LogP contribution in [0.1, 0.15) is 45.7 Å². The molecule has 0 saturated carbocycles. The van der Waals surface area contributed by atoms with E-state index >= 15 is 0 Å². The summed E-state index contributed by atoms with van der Waals surface area (Å²) in [5.74, 6) is 1.52. The van der Waals surface area contributed by atoms with E-state index < -0.39 is 0 Å². The minimum absolute atomic E-state index is 0.0241. The molecule has 0 bridgehead atoms. The lowest BCUT2D eigenvalue weighted by atomic mass is 9.92. The third-order valence-corrected chi connectivity index (χ3v) is 4.73. The summed E-state index contributed by atoms with van der Waals surface area (Å²) in [6.45, 7) is 9.77. The third kappa shape index (κ3) is 4.23. The molecule has 2 aliphatic rings. The van der Waals surface area contributed by atoms with Crippen LogP contribution in [0.15, 0.2) is 12.1 Å². The number of nitrogens with zero attached hydrogens (tertiary/aromatic N) is 3. The first-order chi connectivity index (χ1) is 11.4. The molecule has 6 nitrogen and oxygen atoms in total. The van der Waals surface area contributed by atoms with Gasteiger partial charge in [-0.15, -0.1) is 5.10 Å². The van der Waals surface area contributed by atoms with Gasteiger partial charge < -0.3 is 15.0 Å². The van der Waals surface area contributed by atoms with Crippen molar-refractivity contribution in [1.29, 1.82) is 0 Å². The second kappa shape index (κ2) is 7.05. The number of rotatable bonds is 5. The van der Waals surface area contributed by atoms with Gasteiger partial charge in [0.1, 0.15) is 0 Å². The van der Waals surface area contributed by atoms with Crippen LogP contribution in [0.5, 0.6) is 0 Å². The van der Waals surface area contributed by atoms with Crippen LogP contribution in [-0.2, 0) is 14.9 Å². The maximum atomic E-state index is 11.9. The van der Waals surface area contributed by atoms with E-state index in [0.29, 0.717) is 12.3 Å². The molecule has 1 aromatic heterocycles. The van der Waals surface area contributed by atoms with Gasteiger partial charge in [-0.25, -0.2) is 0 Å². The quantitative estimate of drug-likeness (QED) is 0.892. The van der Waals surface area contributed by atoms with Crippen molar-refractivity contribution in [3.8, 4) is 0 Å². The Morgan fingerprint density at radius 3 is 2.71 bits per heavy atom. The molecule has 0 aliphatic carbocycles.